The Bertz CT molecular complexity index is 923. The van der Waals surface area contributed by atoms with E-state index in [0.29, 0.717) is 26.3 Å². The minimum atomic E-state index is -4.00. The number of thiophene rings is 1. The summed E-state index contributed by atoms with van der Waals surface area (Å²) in [5, 5.41) is 10.7. The van der Waals surface area contributed by atoms with E-state index in [-0.39, 0.29) is 4.21 Å². The monoisotopic (exact) mass is 424 g/mol. The van der Waals surface area contributed by atoms with E-state index in [2.05, 4.69) is 9.62 Å². The third-order valence-electron chi connectivity index (χ3n) is 5.11. The van der Waals surface area contributed by atoms with Gasteiger partial charge in [0.15, 0.2) is 0 Å². The zero-order valence-corrected chi connectivity index (χ0v) is 17.4. The molecule has 7 nitrogen and oxygen atoms in total. The van der Waals surface area contributed by atoms with Crippen LogP contribution in [0.1, 0.15) is 25.3 Å². The van der Waals surface area contributed by atoms with Crippen LogP contribution in [-0.4, -0.2) is 51.3 Å². The van der Waals surface area contributed by atoms with Gasteiger partial charge in [0.25, 0.3) is 10.0 Å². The molecule has 2 atom stereocenters. The topological polar surface area (TPSA) is 95.9 Å². The number of nitrogens with zero attached hydrogens (tertiary/aromatic N) is 1. The van der Waals surface area contributed by atoms with Crippen molar-refractivity contribution >= 4 is 32.3 Å². The molecule has 0 spiro atoms. The van der Waals surface area contributed by atoms with Gasteiger partial charge in [-0.1, -0.05) is 37.3 Å². The predicted molar refractivity (Wildman–Crippen MR) is 109 cm³/mol. The number of sulfonamides is 1. The lowest BCUT2D eigenvalue weighted by Gasteiger charge is -2.32. The molecule has 0 amide bonds. The molecule has 1 saturated heterocycles. The molecule has 3 rings (SSSR count). The molecule has 152 valence electrons. The van der Waals surface area contributed by atoms with Crippen LogP contribution in [0.5, 0.6) is 0 Å². The average molecular weight is 425 g/mol. The van der Waals surface area contributed by atoms with Gasteiger partial charge in [0.05, 0.1) is 18.2 Å². The molecule has 2 aromatic rings. The summed E-state index contributed by atoms with van der Waals surface area (Å²) in [6, 6.07) is 12.3. The number of morpholine rings is 1. The van der Waals surface area contributed by atoms with Gasteiger partial charge in [-0.25, -0.2) is 8.42 Å². The van der Waals surface area contributed by atoms with Crippen molar-refractivity contribution in [1.82, 2.24) is 4.72 Å². The van der Waals surface area contributed by atoms with E-state index in [4.69, 9.17) is 4.74 Å². The molecule has 1 fully saturated rings. The fourth-order valence-corrected chi connectivity index (χ4v) is 5.91. The molecule has 28 heavy (non-hydrogen) atoms. The first-order chi connectivity index (χ1) is 13.2. The highest BCUT2D eigenvalue weighted by molar-refractivity contribution is 7.91. The number of rotatable bonds is 7. The van der Waals surface area contributed by atoms with Crippen LogP contribution in [0.2, 0.25) is 0 Å². The maximum Gasteiger partial charge on any atom is 0.325 e. The first-order valence-electron chi connectivity index (χ1n) is 8.99. The van der Waals surface area contributed by atoms with E-state index in [0.717, 1.165) is 21.9 Å². The third-order valence-corrected chi connectivity index (χ3v) is 8.32. The minimum absolute atomic E-state index is 0.0988. The smallest absolute Gasteiger partial charge is 0.325 e. The van der Waals surface area contributed by atoms with Crippen molar-refractivity contribution in [3.63, 3.8) is 0 Å². The van der Waals surface area contributed by atoms with Crippen LogP contribution >= 0.6 is 11.3 Å². The number of hydrogen-bond donors (Lipinski definition) is 2. The van der Waals surface area contributed by atoms with Crippen molar-refractivity contribution in [2.24, 2.45) is 0 Å². The lowest BCUT2D eigenvalue weighted by atomic mass is 9.83. The van der Waals surface area contributed by atoms with Crippen LogP contribution in [0.15, 0.2) is 46.7 Å². The standard InChI is InChI=1S/C19H24N2O5S2/c1-14(15-6-4-3-5-7-15)19(2,18(22)23)20-28(24,25)17-9-8-16(27-17)21-10-12-26-13-11-21/h3-9,14,20H,10-13H2,1-2H3,(H,22,23)/t14?,19-/m0/s1. The largest absolute Gasteiger partial charge is 0.480 e. The van der Waals surface area contributed by atoms with Crippen LogP contribution < -0.4 is 9.62 Å². The van der Waals surface area contributed by atoms with Crippen LogP contribution in [0.3, 0.4) is 0 Å². The lowest BCUT2D eigenvalue weighted by Crippen LogP contribution is -2.55. The molecule has 0 radical (unpaired) electrons. The number of carboxylic acids is 1. The zero-order valence-electron chi connectivity index (χ0n) is 15.8. The fourth-order valence-electron chi connectivity index (χ4n) is 3.13. The lowest BCUT2D eigenvalue weighted by molar-refractivity contribution is -0.144. The summed E-state index contributed by atoms with van der Waals surface area (Å²) in [7, 11) is -4.00. The number of nitrogens with one attached hydrogen (secondary N) is 1. The van der Waals surface area contributed by atoms with E-state index in [1.807, 2.05) is 6.07 Å². The van der Waals surface area contributed by atoms with Gasteiger partial charge in [0, 0.05) is 19.0 Å². The summed E-state index contributed by atoms with van der Waals surface area (Å²) in [6.45, 7) is 5.71. The van der Waals surface area contributed by atoms with Crippen molar-refractivity contribution in [3.8, 4) is 0 Å². The van der Waals surface area contributed by atoms with E-state index < -0.39 is 27.4 Å². The second kappa shape index (κ2) is 8.20. The average Bonchev–Trinajstić information content (AvgIpc) is 3.19. The Balaban J connectivity index is 1.86. The number of anilines is 1. The molecule has 0 saturated carbocycles. The van der Waals surface area contributed by atoms with Crippen molar-refractivity contribution < 1.29 is 23.1 Å². The molecule has 1 aliphatic rings. The highest BCUT2D eigenvalue weighted by atomic mass is 32.2. The number of carbonyl (C=O) groups is 1. The van der Waals surface area contributed by atoms with Crippen LogP contribution in [0.4, 0.5) is 5.00 Å². The summed E-state index contributed by atoms with van der Waals surface area (Å²) in [5.41, 5.74) is -0.946. The van der Waals surface area contributed by atoms with E-state index in [1.54, 1.807) is 37.3 Å². The van der Waals surface area contributed by atoms with Gasteiger partial charge in [-0.05, 0) is 24.6 Å². The van der Waals surface area contributed by atoms with Gasteiger partial charge in [-0.3, -0.25) is 4.79 Å². The third kappa shape index (κ3) is 4.22. The summed E-state index contributed by atoms with van der Waals surface area (Å²) < 4.78 is 33.8. The number of aliphatic carboxylic acids is 1. The molecule has 1 unspecified atom stereocenters. The SMILES string of the molecule is CC(c1ccccc1)[C@](C)(NS(=O)(=O)c1ccc(N2CCOCC2)s1)C(=O)O. The first kappa shape index (κ1) is 20.8. The van der Waals surface area contributed by atoms with Crippen molar-refractivity contribution in [2.75, 3.05) is 31.2 Å². The summed E-state index contributed by atoms with van der Waals surface area (Å²) >= 11 is 1.13. The van der Waals surface area contributed by atoms with E-state index in [1.165, 1.54) is 13.0 Å². The molecule has 1 aliphatic heterocycles. The molecule has 2 N–H and O–H groups in total. The Hall–Kier alpha value is -1.94. The number of carboxylic acid groups (broad SMARTS) is 1. The van der Waals surface area contributed by atoms with Gasteiger partial charge in [0.2, 0.25) is 0 Å². The summed E-state index contributed by atoms with van der Waals surface area (Å²) in [4.78, 5) is 14.1. The molecular formula is C19H24N2O5S2. The molecule has 0 aliphatic carbocycles. The summed E-state index contributed by atoms with van der Waals surface area (Å²) in [6.07, 6.45) is 0. The molecule has 1 aromatic heterocycles. The predicted octanol–water partition coefficient (Wildman–Crippen LogP) is 2.51. The second-order valence-electron chi connectivity index (χ2n) is 6.94. The summed E-state index contributed by atoms with van der Waals surface area (Å²) in [5.74, 6) is -1.79. The van der Waals surface area contributed by atoms with Crippen molar-refractivity contribution in [1.29, 1.82) is 0 Å². The fraction of sp³-hybridized carbons (Fsp3) is 0.421. The molecule has 9 heteroatoms. The Morgan fingerprint density at radius 3 is 2.46 bits per heavy atom. The normalized spacial score (nSPS) is 18.4. The molecular weight excluding hydrogens is 400 g/mol. The Morgan fingerprint density at radius 2 is 1.86 bits per heavy atom. The van der Waals surface area contributed by atoms with Gasteiger partial charge >= 0.3 is 5.97 Å². The molecule has 0 bridgehead atoms. The van der Waals surface area contributed by atoms with Crippen molar-refractivity contribution in [2.45, 2.75) is 29.5 Å². The maximum absolute atomic E-state index is 13.0. The van der Waals surface area contributed by atoms with Gasteiger partial charge in [0.1, 0.15) is 9.75 Å². The van der Waals surface area contributed by atoms with Crippen molar-refractivity contribution in [3.05, 3.63) is 48.0 Å². The molecule has 2 heterocycles. The number of hydrogen-bond acceptors (Lipinski definition) is 6. The van der Waals surface area contributed by atoms with Crippen LogP contribution in [0, 0.1) is 0 Å². The van der Waals surface area contributed by atoms with Gasteiger partial charge < -0.3 is 14.7 Å². The number of ether oxygens (including phenoxy) is 1. The van der Waals surface area contributed by atoms with E-state index >= 15 is 0 Å². The Kier molecular flexibility index (Phi) is 6.09. The highest BCUT2D eigenvalue weighted by Crippen LogP contribution is 2.33. The van der Waals surface area contributed by atoms with Crippen LogP contribution in [0.25, 0.3) is 0 Å². The Labute approximate surface area is 169 Å². The van der Waals surface area contributed by atoms with Gasteiger partial charge in [-0.2, -0.15) is 4.72 Å². The highest BCUT2D eigenvalue weighted by Gasteiger charge is 2.44. The van der Waals surface area contributed by atoms with E-state index in [9.17, 15) is 18.3 Å². The Morgan fingerprint density at radius 1 is 1.21 bits per heavy atom. The van der Waals surface area contributed by atoms with Gasteiger partial charge in [-0.15, -0.1) is 11.3 Å². The van der Waals surface area contributed by atoms with Crippen LogP contribution in [-0.2, 0) is 19.6 Å². The minimum Gasteiger partial charge on any atom is -0.480 e. The maximum atomic E-state index is 13.0. The zero-order chi connectivity index (χ0) is 20.4. The first-order valence-corrected chi connectivity index (χ1v) is 11.3. The number of benzene rings is 1. The second-order valence-corrected chi connectivity index (χ2v) is 9.91. The molecule has 1 aromatic carbocycles. The quantitative estimate of drug-likeness (QED) is 0.709.